The molecule has 4 aromatic rings. The van der Waals surface area contributed by atoms with E-state index in [0.717, 1.165) is 29.0 Å². The van der Waals surface area contributed by atoms with Gasteiger partial charge in [-0.25, -0.2) is 17.6 Å². The molecule has 0 radical (unpaired) electrons. The summed E-state index contributed by atoms with van der Waals surface area (Å²) in [6.45, 7) is 0.942. The fourth-order valence-electron chi connectivity index (χ4n) is 3.69. The average Bonchev–Trinajstić information content (AvgIpc) is 3.18. The topological polar surface area (TPSA) is 86.0 Å². The van der Waals surface area contributed by atoms with Crippen LogP contribution in [0.5, 0.6) is 5.75 Å². The third-order valence-electron chi connectivity index (χ3n) is 5.32. The van der Waals surface area contributed by atoms with Crippen molar-refractivity contribution in [1.29, 1.82) is 0 Å². The van der Waals surface area contributed by atoms with Crippen LogP contribution in [0.15, 0.2) is 70.0 Å². The summed E-state index contributed by atoms with van der Waals surface area (Å²) in [5.41, 5.74) is 0.852. The molecule has 0 aliphatic carbocycles. The number of hydrogen-bond acceptors (Lipinski definition) is 6. The number of hydrogen-bond donors (Lipinski definition) is 0. The molecule has 3 aromatic carbocycles. The third-order valence-corrected chi connectivity index (χ3v) is 7.22. The predicted octanol–water partition coefficient (Wildman–Crippen LogP) is 3.97. The van der Waals surface area contributed by atoms with Crippen molar-refractivity contribution < 1.29 is 31.5 Å². The SMILES string of the molecule is O=C(Oc1ccc2oc3ccccc3c2c1)c1cc(S(=O)(=O)N2CCOCC2)ccc1F. The lowest BCUT2D eigenvalue weighted by Gasteiger charge is -2.26. The fourth-order valence-corrected chi connectivity index (χ4v) is 5.12. The molecule has 0 bridgehead atoms. The Hall–Kier alpha value is -3.27. The summed E-state index contributed by atoms with van der Waals surface area (Å²) in [7, 11) is -3.89. The number of fused-ring (bicyclic) bond motifs is 3. The number of nitrogens with zero attached hydrogens (tertiary/aromatic N) is 1. The van der Waals surface area contributed by atoms with Crippen LogP contribution < -0.4 is 4.74 Å². The monoisotopic (exact) mass is 455 g/mol. The van der Waals surface area contributed by atoms with Crippen LogP contribution >= 0.6 is 0 Å². The van der Waals surface area contributed by atoms with Gasteiger partial charge in [0.15, 0.2) is 0 Å². The molecule has 7 nitrogen and oxygen atoms in total. The second kappa shape index (κ2) is 8.01. The maximum absolute atomic E-state index is 14.4. The molecule has 1 saturated heterocycles. The van der Waals surface area contributed by atoms with Gasteiger partial charge in [-0.05, 0) is 42.5 Å². The number of carbonyl (C=O) groups is 1. The molecule has 0 amide bonds. The molecule has 0 saturated carbocycles. The Balaban J connectivity index is 1.45. The minimum absolute atomic E-state index is 0.177. The number of rotatable bonds is 4. The average molecular weight is 455 g/mol. The summed E-state index contributed by atoms with van der Waals surface area (Å²) < 4.78 is 57.7. The zero-order chi connectivity index (χ0) is 22.3. The molecule has 2 heterocycles. The highest BCUT2D eigenvalue weighted by Crippen LogP contribution is 2.31. The highest BCUT2D eigenvalue weighted by molar-refractivity contribution is 7.89. The molecule has 0 N–H and O–H groups in total. The number of furan rings is 1. The molecule has 0 unspecified atom stereocenters. The quantitative estimate of drug-likeness (QED) is 0.342. The lowest BCUT2D eigenvalue weighted by molar-refractivity contribution is 0.0725. The van der Waals surface area contributed by atoms with E-state index < -0.39 is 27.4 Å². The van der Waals surface area contributed by atoms with E-state index in [1.54, 1.807) is 12.1 Å². The third kappa shape index (κ3) is 3.64. The normalized spacial score (nSPS) is 15.3. The largest absolute Gasteiger partial charge is 0.456 e. The minimum Gasteiger partial charge on any atom is -0.456 e. The van der Waals surface area contributed by atoms with Crippen LogP contribution in [0.25, 0.3) is 21.9 Å². The minimum atomic E-state index is -3.89. The zero-order valence-electron chi connectivity index (χ0n) is 16.8. The molecule has 1 aliphatic rings. The van der Waals surface area contributed by atoms with Gasteiger partial charge in [0.2, 0.25) is 10.0 Å². The zero-order valence-corrected chi connectivity index (χ0v) is 17.6. The van der Waals surface area contributed by atoms with Gasteiger partial charge in [0.05, 0.1) is 23.7 Å². The van der Waals surface area contributed by atoms with Gasteiger partial charge in [0.25, 0.3) is 0 Å². The summed E-state index contributed by atoms with van der Waals surface area (Å²) in [6, 6.07) is 15.4. The molecular formula is C23H18FNO6S. The highest BCUT2D eigenvalue weighted by atomic mass is 32.2. The van der Waals surface area contributed by atoms with Crippen LogP contribution in [0, 0.1) is 5.82 Å². The van der Waals surface area contributed by atoms with E-state index in [1.807, 2.05) is 24.3 Å². The number of morpholine rings is 1. The molecule has 1 aliphatic heterocycles. The first-order valence-corrected chi connectivity index (χ1v) is 11.4. The number of halogens is 1. The van der Waals surface area contributed by atoms with Crippen molar-refractivity contribution in [1.82, 2.24) is 4.31 Å². The van der Waals surface area contributed by atoms with Crippen molar-refractivity contribution in [2.24, 2.45) is 0 Å². The first-order valence-electron chi connectivity index (χ1n) is 9.94. The van der Waals surface area contributed by atoms with Gasteiger partial charge >= 0.3 is 5.97 Å². The number of ether oxygens (including phenoxy) is 2. The van der Waals surface area contributed by atoms with Gasteiger partial charge in [-0.3, -0.25) is 0 Å². The van der Waals surface area contributed by atoms with Crippen molar-refractivity contribution >= 4 is 37.9 Å². The summed E-state index contributed by atoms with van der Waals surface area (Å²) in [5.74, 6) is -1.67. The maximum atomic E-state index is 14.4. The predicted molar refractivity (Wildman–Crippen MR) is 115 cm³/mol. The van der Waals surface area contributed by atoms with Crippen molar-refractivity contribution in [3.05, 3.63) is 72.0 Å². The Morgan fingerprint density at radius 3 is 2.50 bits per heavy atom. The van der Waals surface area contributed by atoms with Gasteiger partial charge in [-0.2, -0.15) is 4.31 Å². The summed E-state index contributed by atoms with van der Waals surface area (Å²) >= 11 is 0. The Labute approximate surface area is 183 Å². The van der Waals surface area contributed by atoms with Gasteiger partial charge in [0.1, 0.15) is 22.7 Å². The fraction of sp³-hybridized carbons (Fsp3) is 0.174. The molecule has 0 atom stereocenters. The first-order chi connectivity index (χ1) is 15.4. The molecule has 9 heteroatoms. The van der Waals surface area contributed by atoms with Crippen LogP contribution in [0.3, 0.4) is 0 Å². The Morgan fingerprint density at radius 1 is 0.938 bits per heavy atom. The van der Waals surface area contributed by atoms with E-state index in [4.69, 9.17) is 13.9 Å². The molecule has 0 spiro atoms. The van der Waals surface area contributed by atoms with Crippen LogP contribution in [0.1, 0.15) is 10.4 Å². The number of carbonyl (C=O) groups excluding carboxylic acids is 1. The van der Waals surface area contributed by atoms with Gasteiger partial charge in [-0.15, -0.1) is 0 Å². The van der Waals surface area contributed by atoms with E-state index in [-0.39, 0.29) is 36.9 Å². The molecule has 1 fully saturated rings. The van der Waals surface area contributed by atoms with E-state index in [1.165, 1.54) is 10.4 Å². The number of esters is 1. The Morgan fingerprint density at radius 2 is 1.69 bits per heavy atom. The maximum Gasteiger partial charge on any atom is 0.346 e. The number of para-hydroxylation sites is 1. The van der Waals surface area contributed by atoms with Gasteiger partial charge in [0, 0.05) is 23.9 Å². The second-order valence-electron chi connectivity index (χ2n) is 7.30. The summed E-state index contributed by atoms with van der Waals surface area (Å²) in [5, 5.41) is 1.60. The van der Waals surface area contributed by atoms with Gasteiger partial charge < -0.3 is 13.9 Å². The molecular weight excluding hydrogens is 437 g/mol. The second-order valence-corrected chi connectivity index (χ2v) is 9.24. The highest BCUT2D eigenvalue weighted by Gasteiger charge is 2.28. The number of sulfonamides is 1. The molecule has 32 heavy (non-hydrogen) atoms. The molecule has 5 rings (SSSR count). The van der Waals surface area contributed by atoms with Crippen LogP contribution in [-0.4, -0.2) is 45.0 Å². The first kappa shape index (κ1) is 20.6. The van der Waals surface area contributed by atoms with Crippen LogP contribution in [-0.2, 0) is 14.8 Å². The van der Waals surface area contributed by atoms with E-state index in [0.29, 0.717) is 11.2 Å². The Bertz CT molecular complexity index is 1440. The Kier molecular flexibility index (Phi) is 5.16. The summed E-state index contributed by atoms with van der Waals surface area (Å²) in [4.78, 5) is 12.5. The van der Waals surface area contributed by atoms with E-state index in [2.05, 4.69) is 0 Å². The van der Waals surface area contributed by atoms with Crippen molar-refractivity contribution in [3.63, 3.8) is 0 Å². The van der Waals surface area contributed by atoms with Gasteiger partial charge in [-0.1, -0.05) is 18.2 Å². The lowest BCUT2D eigenvalue weighted by atomic mass is 10.1. The standard InChI is InChI=1S/C23H18FNO6S/c24-20-7-6-16(32(27,28)25-9-11-29-12-10-25)14-19(20)23(26)30-15-5-8-22-18(13-15)17-3-1-2-4-21(17)31-22/h1-8,13-14H,9-12H2. The van der Waals surface area contributed by atoms with Crippen LogP contribution in [0.2, 0.25) is 0 Å². The summed E-state index contributed by atoms with van der Waals surface area (Å²) in [6.07, 6.45) is 0. The van der Waals surface area contributed by atoms with Crippen molar-refractivity contribution in [3.8, 4) is 5.75 Å². The molecule has 164 valence electrons. The van der Waals surface area contributed by atoms with E-state index >= 15 is 0 Å². The smallest absolute Gasteiger partial charge is 0.346 e. The van der Waals surface area contributed by atoms with Crippen molar-refractivity contribution in [2.45, 2.75) is 4.90 Å². The van der Waals surface area contributed by atoms with E-state index in [9.17, 15) is 17.6 Å². The van der Waals surface area contributed by atoms with Crippen molar-refractivity contribution in [2.75, 3.05) is 26.3 Å². The number of benzene rings is 3. The molecule has 1 aromatic heterocycles. The lowest BCUT2D eigenvalue weighted by Crippen LogP contribution is -2.40. The van der Waals surface area contributed by atoms with Crippen LogP contribution in [0.4, 0.5) is 4.39 Å².